The first kappa shape index (κ1) is 21.4. The van der Waals surface area contributed by atoms with Crippen molar-refractivity contribution >= 4 is 21.6 Å². The summed E-state index contributed by atoms with van der Waals surface area (Å²) in [6.45, 7) is 1.51. The van der Waals surface area contributed by atoms with E-state index in [0.29, 0.717) is 11.3 Å². The van der Waals surface area contributed by atoms with Gasteiger partial charge in [0.25, 0.3) is 10.0 Å². The average molecular weight is 430 g/mol. The summed E-state index contributed by atoms with van der Waals surface area (Å²) in [4.78, 5) is 12.4. The van der Waals surface area contributed by atoms with Crippen LogP contribution in [0.3, 0.4) is 0 Å². The smallest absolute Gasteiger partial charge is 0.264 e. The van der Waals surface area contributed by atoms with Crippen molar-refractivity contribution in [3.8, 4) is 0 Å². The molecule has 30 heavy (non-hydrogen) atoms. The highest BCUT2D eigenvalue weighted by molar-refractivity contribution is 7.92. The summed E-state index contributed by atoms with van der Waals surface area (Å²) in [7, 11) is -4.11. The number of amides is 1. The molecule has 0 spiro atoms. The van der Waals surface area contributed by atoms with Crippen LogP contribution in [0.25, 0.3) is 0 Å². The molecule has 156 valence electrons. The number of hydrogen-bond acceptors (Lipinski definition) is 3. The van der Waals surface area contributed by atoms with Crippen LogP contribution < -0.4 is 9.62 Å². The SMILES string of the molecule is Cc1ccc(N(CC(=O)NCc2ccc(F)cc2)S(=O)(=O)c2ccc(F)cc2)cc1. The van der Waals surface area contributed by atoms with Crippen LogP contribution in [0, 0.1) is 18.6 Å². The molecule has 0 unspecified atom stereocenters. The van der Waals surface area contributed by atoms with Crippen molar-refractivity contribution < 1.29 is 22.0 Å². The summed E-state index contributed by atoms with van der Waals surface area (Å²) in [6.07, 6.45) is 0. The standard InChI is InChI=1S/C22H20F2N2O3S/c1-16-2-10-20(11-3-16)26(30(28,29)21-12-8-19(24)9-13-21)15-22(27)25-14-17-4-6-18(23)7-5-17/h2-13H,14-15H2,1H3,(H,25,27). The van der Waals surface area contributed by atoms with Crippen molar-refractivity contribution in [2.24, 2.45) is 0 Å². The van der Waals surface area contributed by atoms with Crippen LogP contribution in [-0.2, 0) is 21.4 Å². The molecule has 0 bridgehead atoms. The van der Waals surface area contributed by atoms with Gasteiger partial charge in [-0.1, -0.05) is 29.8 Å². The second-order valence-corrected chi connectivity index (χ2v) is 8.57. The quantitative estimate of drug-likeness (QED) is 0.620. The van der Waals surface area contributed by atoms with Gasteiger partial charge in [0.1, 0.15) is 18.2 Å². The molecule has 0 aliphatic rings. The second-order valence-electron chi connectivity index (χ2n) is 6.70. The van der Waals surface area contributed by atoms with E-state index in [1.807, 2.05) is 6.92 Å². The van der Waals surface area contributed by atoms with Gasteiger partial charge in [-0.15, -0.1) is 0 Å². The van der Waals surface area contributed by atoms with Crippen molar-refractivity contribution in [3.63, 3.8) is 0 Å². The van der Waals surface area contributed by atoms with Gasteiger partial charge in [0.05, 0.1) is 10.6 Å². The Bertz CT molecular complexity index is 1110. The maximum absolute atomic E-state index is 13.2. The first-order chi connectivity index (χ1) is 14.3. The Morgan fingerprint density at radius 2 is 1.40 bits per heavy atom. The number of sulfonamides is 1. The molecule has 1 N–H and O–H groups in total. The lowest BCUT2D eigenvalue weighted by Gasteiger charge is -2.24. The molecule has 0 atom stereocenters. The number of nitrogens with zero attached hydrogens (tertiary/aromatic N) is 1. The molecule has 3 aromatic rings. The van der Waals surface area contributed by atoms with E-state index in [0.717, 1.165) is 34.1 Å². The normalized spacial score (nSPS) is 11.2. The van der Waals surface area contributed by atoms with Crippen LogP contribution in [0.4, 0.5) is 14.5 Å². The predicted molar refractivity (Wildman–Crippen MR) is 110 cm³/mol. The third-order valence-electron chi connectivity index (χ3n) is 4.41. The number of halogens is 2. The van der Waals surface area contributed by atoms with Crippen molar-refractivity contribution in [2.45, 2.75) is 18.4 Å². The van der Waals surface area contributed by atoms with Crippen LogP contribution in [0.15, 0.2) is 77.7 Å². The van der Waals surface area contributed by atoms with Crippen LogP contribution in [0.2, 0.25) is 0 Å². The summed E-state index contributed by atoms with van der Waals surface area (Å²) in [5.41, 5.74) is 1.91. The minimum Gasteiger partial charge on any atom is -0.350 e. The van der Waals surface area contributed by atoms with Gasteiger partial charge >= 0.3 is 0 Å². The molecule has 0 saturated heterocycles. The minimum absolute atomic E-state index is 0.122. The molecule has 0 heterocycles. The third kappa shape index (κ3) is 5.21. The Morgan fingerprint density at radius 3 is 1.97 bits per heavy atom. The van der Waals surface area contributed by atoms with Gasteiger partial charge < -0.3 is 5.32 Å². The van der Waals surface area contributed by atoms with Crippen LogP contribution in [-0.4, -0.2) is 20.9 Å². The minimum atomic E-state index is -4.11. The number of carbonyl (C=O) groups excluding carboxylic acids is 1. The molecular weight excluding hydrogens is 410 g/mol. The van der Waals surface area contributed by atoms with E-state index >= 15 is 0 Å². The first-order valence-corrected chi connectivity index (χ1v) is 10.6. The first-order valence-electron chi connectivity index (χ1n) is 9.12. The summed E-state index contributed by atoms with van der Waals surface area (Å²) >= 11 is 0. The zero-order chi connectivity index (χ0) is 21.7. The Hall–Kier alpha value is -3.26. The van der Waals surface area contributed by atoms with Gasteiger partial charge in [-0.3, -0.25) is 9.10 Å². The number of carbonyl (C=O) groups is 1. The lowest BCUT2D eigenvalue weighted by Crippen LogP contribution is -2.40. The van der Waals surface area contributed by atoms with E-state index in [2.05, 4.69) is 5.32 Å². The van der Waals surface area contributed by atoms with Crippen molar-refractivity contribution in [1.82, 2.24) is 5.32 Å². The number of rotatable bonds is 7. The Labute approximate surface area is 174 Å². The molecule has 1 amide bonds. The van der Waals surface area contributed by atoms with Crippen LogP contribution in [0.5, 0.6) is 0 Å². The van der Waals surface area contributed by atoms with Gasteiger partial charge in [-0.2, -0.15) is 0 Å². The summed E-state index contributed by atoms with van der Waals surface area (Å²) in [6, 6.07) is 16.7. The second kappa shape index (κ2) is 9.04. The lowest BCUT2D eigenvalue weighted by molar-refractivity contribution is -0.119. The van der Waals surface area contributed by atoms with Gasteiger partial charge in [0.2, 0.25) is 5.91 Å². The molecular formula is C22H20F2N2O3S. The molecule has 5 nitrogen and oxygen atoms in total. The zero-order valence-electron chi connectivity index (χ0n) is 16.2. The Balaban J connectivity index is 1.84. The van der Waals surface area contributed by atoms with Crippen molar-refractivity contribution in [1.29, 1.82) is 0 Å². The Morgan fingerprint density at radius 1 is 0.867 bits per heavy atom. The molecule has 3 rings (SSSR count). The fraction of sp³-hybridized carbons (Fsp3) is 0.136. The van der Waals surface area contributed by atoms with E-state index in [1.165, 1.54) is 24.3 Å². The van der Waals surface area contributed by atoms with E-state index in [4.69, 9.17) is 0 Å². The lowest BCUT2D eigenvalue weighted by atomic mass is 10.2. The number of hydrogen-bond donors (Lipinski definition) is 1. The fourth-order valence-electron chi connectivity index (χ4n) is 2.75. The molecule has 0 radical (unpaired) electrons. The van der Waals surface area contributed by atoms with E-state index in [9.17, 15) is 22.0 Å². The van der Waals surface area contributed by atoms with E-state index in [1.54, 1.807) is 24.3 Å². The Kier molecular flexibility index (Phi) is 6.47. The molecule has 0 fully saturated rings. The van der Waals surface area contributed by atoms with Crippen LogP contribution in [0.1, 0.15) is 11.1 Å². The summed E-state index contributed by atoms with van der Waals surface area (Å²) in [5.74, 6) is -1.49. The van der Waals surface area contributed by atoms with Gasteiger partial charge in [-0.25, -0.2) is 17.2 Å². The number of anilines is 1. The summed E-state index contributed by atoms with van der Waals surface area (Å²) in [5, 5.41) is 2.64. The van der Waals surface area contributed by atoms with E-state index < -0.39 is 28.3 Å². The fourth-order valence-corrected chi connectivity index (χ4v) is 4.17. The molecule has 0 aromatic heterocycles. The number of nitrogens with one attached hydrogen (secondary N) is 1. The monoisotopic (exact) mass is 430 g/mol. The molecule has 8 heteroatoms. The van der Waals surface area contributed by atoms with Crippen molar-refractivity contribution in [3.05, 3.63) is 95.6 Å². The number of aryl methyl sites for hydroxylation is 1. The van der Waals surface area contributed by atoms with Gasteiger partial charge in [0.15, 0.2) is 0 Å². The highest BCUT2D eigenvalue weighted by atomic mass is 32.2. The molecule has 3 aromatic carbocycles. The van der Waals surface area contributed by atoms with Gasteiger partial charge in [0, 0.05) is 6.54 Å². The third-order valence-corrected chi connectivity index (χ3v) is 6.20. The largest absolute Gasteiger partial charge is 0.350 e. The maximum Gasteiger partial charge on any atom is 0.264 e. The molecule has 0 aliphatic heterocycles. The van der Waals surface area contributed by atoms with E-state index in [-0.39, 0.29) is 17.3 Å². The predicted octanol–water partition coefficient (Wildman–Crippen LogP) is 3.78. The number of benzene rings is 3. The maximum atomic E-state index is 13.2. The molecule has 0 saturated carbocycles. The molecule has 0 aliphatic carbocycles. The van der Waals surface area contributed by atoms with Gasteiger partial charge in [-0.05, 0) is 61.0 Å². The zero-order valence-corrected chi connectivity index (χ0v) is 17.0. The average Bonchev–Trinajstić information content (AvgIpc) is 2.72. The van der Waals surface area contributed by atoms with Crippen molar-refractivity contribution in [2.75, 3.05) is 10.8 Å². The highest BCUT2D eigenvalue weighted by Crippen LogP contribution is 2.24. The topological polar surface area (TPSA) is 66.5 Å². The van der Waals surface area contributed by atoms with Crippen LogP contribution >= 0.6 is 0 Å². The summed E-state index contributed by atoms with van der Waals surface area (Å²) < 4.78 is 53.5. The highest BCUT2D eigenvalue weighted by Gasteiger charge is 2.27.